The van der Waals surface area contributed by atoms with Crippen LogP contribution in [0.1, 0.15) is 44.0 Å². The Morgan fingerprint density at radius 2 is 2.17 bits per heavy atom. The lowest BCUT2D eigenvalue weighted by atomic mass is 9.82. The topological polar surface area (TPSA) is 65.1 Å². The van der Waals surface area contributed by atoms with Gasteiger partial charge in [0, 0.05) is 26.6 Å². The molecule has 3 N–H and O–H groups in total. The van der Waals surface area contributed by atoms with Crippen molar-refractivity contribution in [2.75, 3.05) is 7.11 Å². The first-order valence-electron chi connectivity index (χ1n) is 6.74. The van der Waals surface area contributed by atoms with E-state index >= 15 is 0 Å². The molecule has 0 radical (unpaired) electrons. The summed E-state index contributed by atoms with van der Waals surface area (Å²) >= 11 is 0. The maximum atomic E-state index is 5.73. The van der Waals surface area contributed by atoms with Gasteiger partial charge < -0.3 is 9.30 Å². The number of hydrazine groups is 1. The molecule has 18 heavy (non-hydrogen) atoms. The highest BCUT2D eigenvalue weighted by molar-refractivity contribution is 5.02. The molecule has 0 spiro atoms. The number of hydrogen-bond acceptors (Lipinski definition) is 4. The quantitative estimate of drug-likeness (QED) is 0.616. The molecule has 1 aliphatic rings. The van der Waals surface area contributed by atoms with Crippen molar-refractivity contribution >= 4 is 0 Å². The Morgan fingerprint density at radius 3 is 2.67 bits per heavy atom. The zero-order valence-electron chi connectivity index (χ0n) is 11.3. The van der Waals surface area contributed by atoms with E-state index in [9.17, 15) is 0 Å². The number of nitrogens with one attached hydrogen (secondary N) is 1. The van der Waals surface area contributed by atoms with Gasteiger partial charge in [-0.3, -0.25) is 5.84 Å². The van der Waals surface area contributed by atoms with Gasteiger partial charge in [0.05, 0.1) is 6.10 Å². The lowest BCUT2D eigenvalue weighted by Gasteiger charge is -2.34. The Balaban J connectivity index is 2.15. The van der Waals surface area contributed by atoms with Crippen LogP contribution in [0, 0.1) is 5.92 Å². The largest absolute Gasteiger partial charge is 0.379 e. The first-order chi connectivity index (χ1) is 8.77. The highest BCUT2D eigenvalue weighted by atomic mass is 16.5. The Labute approximate surface area is 109 Å². The first kappa shape index (κ1) is 13.5. The van der Waals surface area contributed by atoms with Crippen molar-refractivity contribution in [2.24, 2.45) is 18.8 Å². The van der Waals surface area contributed by atoms with Crippen molar-refractivity contribution < 1.29 is 4.74 Å². The summed E-state index contributed by atoms with van der Waals surface area (Å²) in [6.07, 6.45) is 10.2. The molecule has 1 aromatic heterocycles. The van der Waals surface area contributed by atoms with Gasteiger partial charge in [-0.25, -0.2) is 10.4 Å². The van der Waals surface area contributed by atoms with E-state index in [4.69, 9.17) is 10.6 Å². The standard InChI is InChI=1S/C13H24N4O/c1-17-9-8-15-13(17)11(16-14)12(18-2)10-6-4-3-5-7-10/h8-12,16H,3-7,14H2,1-2H3. The van der Waals surface area contributed by atoms with E-state index in [-0.39, 0.29) is 12.1 Å². The van der Waals surface area contributed by atoms with Gasteiger partial charge in [0.1, 0.15) is 11.9 Å². The number of rotatable bonds is 5. The first-order valence-corrected chi connectivity index (χ1v) is 6.74. The SMILES string of the molecule is COC(C1CCCCC1)C(NN)c1nccn1C. The van der Waals surface area contributed by atoms with Crippen molar-refractivity contribution in [3.8, 4) is 0 Å². The van der Waals surface area contributed by atoms with Crippen LogP contribution in [-0.2, 0) is 11.8 Å². The van der Waals surface area contributed by atoms with E-state index in [1.54, 1.807) is 13.3 Å². The van der Waals surface area contributed by atoms with Crippen LogP contribution < -0.4 is 11.3 Å². The second kappa shape index (κ2) is 6.31. The smallest absolute Gasteiger partial charge is 0.129 e. The van der Waals surface area contributed by atoms with Crippen LogP contribution in [0.15, 0.2) is 12.4 Å². The second-order valence-electron chi connectivity index (χ2n) is 5.14. The molecule has 1 aromatic rings. The van der Waals surface area contributed by atoms with Crippen LogP contribution in [0.25, 0.3) is 0 Å². The van der Waals surface area contributed by atoms with Gasteiger partial charge in [0.25, 0.3) is 0 Å². The summed E-state index contributed by atoms with van der Waals surface area (Å²) in [5, 5.41) is 0. The molecule has 2 unspecified atom stereocenters. The fraction of sp³-hybridized carbons (Fsp3) is 0.769. The lowest BCUT2D eigenvalue weighted by Crippen LogP contribution is -2.43. The van der Waals surface area contributed by atoms with E-state index in [1.165, 1.54) is 32.1 Å². The number of aryl methyl sites for hydroxylation is 1. The number of nitrogens with two attached hydrogens (primary N) is 1. The second-order valence-corrected chi connectivity index (χ2v) is 5.14. The van der Waals surface area contributed by atoms with Gasteiger partial charge in [0.15, 0.2) is 0 Å². The van der Waals surface area contributed by atoms with Gasteiger partial charge in [-0.15, -0.1) is 0 Å². The molecule has 1 fully saturated rings. The van der Waals surface area contributed by atoms with Gasteiger partial charge in [0.2, 0.25) is 0 Å². The Kier molecular flexibility index (Phi) is 4.74. The monoisotopic (exact) mass is 252 g/mol. The summed E-state index contributed by atoms with van der Waals surface area (Å²) in [5.41, 5.74) is 2.89. The minimum absolute atomic E-state index is 0.0434. The summed E-state index contributed by atoms with van der Waals surface area (Å²) in [6, 6.07) is -0.0434. The average Bonchev–Trinajstić information content (AvgIpc) is 2.83. The summed E-state index contributed by atoms with van der Waals surface area (Å²) in [7, 11) is 3.76. The van der Waals surface area contributed by atoms with Crippen LogP contribution in [-0.4, -0.2) is 22.8 Å². The minimum Gasteiger partial charge on any atom is -0.379 e. The number of aromatic nitrogens is 2. The van der Waals surface area contributed by atoms with Crippen LogP contribution >= 0.6 is 0 Å². The van der Waals surface area contributed by atoms with Crippen LogP contribution in [0.3, 0.4) is 0 Å². The molecule has 2 rings (SSSR count). The molecule has 5 heteroatoms. The highest BCUT2D eigenvalue weighted by Crippen LogP contribution is 2.33. The van der Waals surface area contributed by atoms with Gasteiger partial charge in [-0.05, 0) is 18.8 Å². The molecule has 0 aromatic carbocycles. The molecular weight excluding hydrogens is 228 g/mol. The molecule has 102 valence electrons. The van der Waals surface area contributed by atoms with Crippen molar-refractivity contribution in [1.29, 1.82) is 0 Å². The average molecular weight is 252 g/mol. The van der Waals surface area contributed by atoms with Crippen molar-refractivity contribution in [3.63, 3.8) is 0 Å². The van der Waals surface area contributed by atoms with Crippen molar-refractivity contribution in [1.82, 2.24) is 15.0 Å². The number of nitrogens with zero attached hydrogens (tertiary/aromatic N) is 2. The summed E-state index contributed by atoms with van der Waals surface area (Å²) < 4.78 is 7.73. The highest BCUT2D eigenvalue weighted by Gasteiger charge is 2.33. The number of methoxy groups -OCH3 is 1. The normalized spacial score (nSPS) is 20.8. The van der Waals surface area contributed by atoms with Crippen LogP contribution in [0.2, 0.25) is 0 Å². The predicted molar refractivity (Wildman–Crippen MR) is 70.6 cm³/mol. The van der Waals surface area contributed by atoms with E-state index in [0.29, 0.717) is 5.92 Å². The zero-order valence-corrected chi connectivity index (χ0v) is 11.3. The molecule has 1 saturated carbocycles. The zero-order chi connectivity index (χ0) is 13.0. The summed E-state index contributed by atoms with van der Waals surface area (Å²) in [6.45, 7) is 0. The third-order valence-electron chi connectivity index (χ3n) is 4.03. The molecule has 0 aliphatic heterocycles. The molecule has 1 heterocycles. The number of imidazole rings is 1. The van der Waals surface area contributed by atoms with Gasteiger partial charge in [-0.2, -0.15) is 0 Å². The molecule has 0 amide bonds. The molecule has 0 bridgehead atoms. The molecule has 0 saturated heterocycles. The minimum atomic E-state index is -0.0434. The number of hydrogen-bond donors (Lipinski definition) is 2. The third-order valence-corrected chi connectivity index (χ3v) is 4.03. The Hall–Kier alpha value is -0.910. The van der Waals surface area contributed by atoms with Crippen LogP contribution in [0.5, 0.6) is 0 Å². The van der Waals surface area contributed by atoms with E-state index in [0.717, 1.165) is 5.82 Å². The molecule has 5 nitrogen and oxygen atoms in total. The fourth-order valence-electron chi connectivity index (χ4n) is 3.06. The predicted octanol–water partition coefficient (Wildman–Crippen LogP) is 1.52. The summed E-state index contributed by atoms with van der Waals surface area (Å²) in [4.78, 5) is 4.39. The van der Waals surface area contributed by atoms with E-state index in [2.05, 4.69) is 10.4 Å². The van der Waals surface area contributed by atoms with E-state index < -0.39 is 0 Å². The third kappa shape index (κ3) is 2.74. The maximum Gasteiger partial charge on any atom is 0.129 e. The maximum absolute atomic E-state index is 5.73. The molecule has 1 aliphatic carbocycles. The fourth-order valence-corrected chi connectivity index (χ4v) is 3.06. The van der Waals surface area contributed by atoms with Gasteiger partial charge in [-0.1, -0.05) is 19.3 Å². The van der Waals surface area contributed by atoms with Crippen LogP contribution in [0.4, 0.5) is 0 Å². The van der Waals surface area contributed by atoms with E-state index in [1.807, 2.05) is 17.8 Å². The summed E-state index contributed by atoms with van der Waals surface area (Å²) in [5.74, 6) is 7.24. The van der Waals surface area contributed by atoms with Gasteiger partial charge >= 0.3 is 0 Å². The Bertz CT molecular complexity index is 360. The van der Waals surface area contributed by atoms with Crippen molar-refractivity contribution in [2.45, 2.75) is 44.2 Å². The van der Waals surface area contributed by atoms with Crippen molar-refractivity contribution in [3.05, 3.63) is 18.2 Å². The lowest BCUT2D eigenvalue weighted by molar-refractivity contribution is 0.00468. The molecular formula is C13H24N4O. The number of ether oxygens (including phenoxy) is 1. The Morgan fingerprint density at radius 1 is 1.44 bits per heavy atom. The molecule has 2 atom stereocenters.